The number of rotatable bonds is 17. The molecule has 9 heterocycles. The molecule has 508 valence electrons. The minimum Gasteiger partial charge on any atom is -0.384 e. The lowest BCUT2D eigenvalue weighted by Gasteiger charge is -2.12. The zero-order valence-electron chi connectivity index (χ0n) is 55.5. The van der Waals surface area contributed by atoms with Crippen LogP contribution in [0.5, 0.6) is 0 Å². The van der Waals surface area contributed by atoms with Crippen LogP contribution in [0.2, 0.25) is 10.0 Å². The van der Waals surface area contributed by atoms with Crippen LogP contribution in [0.1, 0.15) is 115 Å². The molecule has 12 aromatic rings. The third-order valence-corrected chi connectivity index (χ3v) is 16.7. The molecule has 3 aromatic carbocycles. The van der Waals surface area contributed by atoms with Crippen molar-refractivity contribution < 1.29 is 22.8 Å². The van der Waals surface area contributed by atoms with E-state index < -0.39 is 11.6 Å². The maximum absolute atomic E-state index is 12.7. The predicted molar refractivity (Wildman–Crippen MR) is 390 cm³/mol. The second kappa shape index (κ2) is 34.0. The van der Waals surface area contributed by atoms with Crippen molar-refractivity contribution in [2.75, 3.05) is 17.2 Å². The highest BCUT2D eigenvalue weighted by Gasteiger charge is 2.16. The molecule has 0 saturated heterocycles. The van der Waals surface area contributed by atoms with Crippen LogP contribution in [0.25, 0.3) is 21.8 Å². The van der Waals surface area contributed by atoms with Crippen LogP contribution in [-0.4, -0.2) is 70.2 Å². The first-order chi connectivity index (χ1) is 48.0. The molecule has 0 aliphatic heterocycles. The van der Waals surface area contributed by atoms with E-state index in [2.05, 4.69) is 63.0 Å². The molecular formula is C75H71Cl2N15O7S. The first-order valence-corrected chi connectivity index (χ1v) is 32.8. The van der Waals surface area contributed by atoms with Crippen LogP contribution in [-0.2, 0) is 57.1 Å². The molecule has 0 spiro atoms. The van der Waals surface area contributed by atoms with Crippen molar-refractivity contribution in [2.45, 2.75) is 87.1 Å². The maximum Gasteiger partial charge on any atom is 0.335 e. The van der Waals surface area contributed by atoms with Crippen molar-refractivity contribution >= 4 is 91.8 Å². The van der Waals surface area contributed by atoms with E-state index in [-0.39, 0.29) is 28.8 Å². The van der Waals surface area contributed by atoms with Gasteiger partial charge in [0.2, 0.25) is 0 Å². The summed E-state index contributed by atoms with van der Waals surface area (Å²) < 4.78 is 19.8. The lowest BCUT2D eigenvalue weighted by molar-refractivity contribution is 0.0942. The van der Waals surface area contributed by atoms with Gasteiger partial charge in [-0.15, -0.1) is 0 Å². The Morgan fingerprint density at radius 2 is 1.03 bits per heavy atom. The van der Waals surface area contributed by atoms with Gasteiger partial charge in [-0.3, -0.25) is 43.9 Å². The number of pyridine rings is 9. The summed E-state index contributed by atoms with van der Waals surface area (Å²) in [6.07, 6.45) is 12.9. The van der Waals surface area contributed by atoms with Crippen LogP contribution < -0.4 is 44.3 Å². The van der Waals surface area contributed by atoms with E-state index in [0.717, 1.165) is 106 Å². The number of carbonyl (C=O) groups excluding carboxylic acids is 3. The molecule has 0 saturated carbocycles. The summed E-state index contributed by atoms with van der Waals surface area (Å²) in [6, 6.07) is 42.3. The Labute approximate surface area is 589 Å². The quantitative estimate of drug-likeness (QED) is 0.0493. The van der Waals surface area contributed by atoms with E-state index in [1.165, 1.54) is 16.7 Å². The number of fused-ring (bicyclic) bond motifs is 2. The molecule has 0 radical (unpaired) electrons. The molecule has 9 aromatic heterocycles. The summed E-state index contributed by atoms with van der Waals surface area (Å²) in [5, 5.41) is 11.8. The van der Waals surface area contributed by atoms with Crippen LogP contribution in [0.4, 0.5) is 17.5 Å². The summed E-state index contributed by atoms with van der Waals surface area (Å²) in [5.74, 6) is 0.772. The molecule has 100 heavy (non-hydrogen) atoms. The van der Waals surface area contributed by atoms with Crippen LogP contribution in [0.3, 0.4) is 0 Å². The van der Waals surface area contributed by atoms with Gasteiger partial charge in [0.25, 0.3) is 28.8 Å². The van der Waals surface area contributed by atoms with Crippen molar-refractivity contribution in [2.24, 2.45) is 0 Å². The molecule has 0 fully saturated rings. The predicted octanol–water partition coefficient (Wildman–Crippen LogP) is 10.8. The number of aryl methyl sites for hydroxylation is 6. The molecule has 12 rings (SSSR count). The monoisotopic (exact) mass is 1400 g/mol. The smallest absolute Gasteiger partial charge is 0.335 e. The molecule has 9 N–H and O–H groups in total. The zero-order valence-corrected chi connectivity index (χ0v) is 57.9. The minimum atomic E-state index is -0.750. The molecule has 0 aliphatic rings. The summed E-state index contributed by atoms with van der Waals surface area (Å²) >= 11 is 11.4. The zero-order chi connectivity index (χ0) is 71.6. The highest BCUT2D eigenvalue weighted by Crippen LogP contribution is 2.24. The topological polar surface area (TPSA) is 334 Å². The van der Waals surface area contributed by atoms with E-state index in [1.54, 1.807) is 78.3 Å². The number of benzene rings is 3. The molecule has 3 amide bonds. The fraction of sp³-hybridized carbons (Fsp3) is 0.173. The van der Waals surface area contributed by atoms with E-state index in [0.29, 0.717) is 89.8 Å². The van der Waals surface area contributed by atoms with Gasteiger partial charge in [-0.05, 0) is 194 Å². The Kier molecular flexibility index (Phi) is 24.7. The number of hydrogen-bond acceptors (Lipinski definition) is 17. The van der Waals surface area contributed by atoms with Crippen LogP contribution in [0, 0.1) is 41.5 Å². The Hall–Kier alpha value is -11.7. The van der Waals surface area contributed by atoms with E-state index in [1.807, 2.05) is 126 Å². The third-order valence-electron chi connectivity index (χ3n) is 16.3. The van der Waals surface area contributed by atoms with Crippen LogP contribution >= 0.6 is 23.2 Å². The van der Waals surface area contributed by atoms with Gasteiger partial charge in [0, 0.05) is 121 Å². The Balaban J connectivity index is 0.000000172. The second-order valence-corrected chi connectivity index (χ2v) is 24.6. The van der Waals surface area contributed by atoms with Gasteiger partial charge in [0.05, 0.1) is 45.3 Å². The molecule has 0 bridgehead atoms. The fourth-order valence-corrected chi connectivity index (χ4v) is 11.5. The average Bonchev–Trinajstić information content (AvgIpc) is 1.07. The SMILES string of the molecule is Cc1cc(Cc2cc(C(=O)NCc3ccc(N)nc3C)ccn2)ccc1Cn1ccccc1=O.Cc1cc(N)nc(C)c1CNC(=O)c1ccc(=O)n(Cc2ccc3ncc(Cl)cc3c2)c1.Cc1cc(N)nc(C)c1CNC(=O)c1cncc(Cc2ccc3ncc(Cl)cc3c2)c1.O=S=O. The van der Waals surface area contributed by atoms with Gasteiger partial charge in [-0.25, -0.2) is 15.0 Å². The molecule has 0 aliphatic carbocycles. The Morgan fingerprint density at radius 1 is 0.470 bits per heavy atom. The minimum absolute atomic E-state index is 0.0203. The van der Waals surface area contributed by atoms with Gasteiger partial charge in [-0.1, -0.05) is 65.7 Å². The normalized spacial score (nSPS) is 10.7. The molecule has 22 nitrogen and oxygen atoms in total. The fourth-order valence-electron chi connectivity index (χ4n) is 11.1. The molecular weight excluding hydrogens is 1330 g/mol. The number of aromatic nitrogens is 9. The Bertz CT molecular complexity index is 5150. The van der Waals surface area contributed by atoms with Crippen molar-refractivity contribution in [1.82, 2.24) is 60.0 Å². The number of nitrogens with one attached hydrogen (secondary N) is 3. The molecule has 0 atom stereocenters. The van der Waals surface area contributed by atoms with Crippen LogP contribution in [0.15, 0.2) is 192 Å². The van der Waals surface area contributed by atoms with E-state index in [4.69, 9.17) is 48.8 Å². The second-order valence-electron chi connectivity index (χ2n) is 23.6. The number of anilines is 3. The van der Waals surface area contributed by atoms with E-state index in [9.17, 15) is 24.0 Å². The van der Waals surface area contributed by atoms with Gasteiger partial charge >= 0.3 is 11.6 Å². The standard InChI is InChI=1S/C27H27N5O2.C24H22ClN5O2.C24H22ClN5O.O2S/c1-18-13-20(6-7-23(18)17-32-12-4-3-5-26(32)33)14-24-15-21(10-11-29-24)27(34)30-16-22-8-9-25(28)31-19(22)2;1-14-7-22(26)29-15(2)20(14)11-28-24(32)17-4-6-23(31)30(13-17)12-16-3-5-21-18(8-16)9-19(25)10-27-21;1-14-5-23(26)30-15(2)21(14)13-29-24(31)19-8-17(10-27-11-19)6-16-3-4-22-18(7-16)9-20(25)12-28-22;1-3-2/h3-13,15H,14,16-17H2,1-2H3,(H2,28,31)(H,30,34);3-10,13H,11-12H2,1-2H3,(H2,26,29)(H,28,32);3-5,7-12H,6,13H2,1-2H3,(H2,26,30)(H,29,31);. The summed E-state index contributed by atoms with van der Waals surface area (Å²) in [4.78, 5) is 92.6. The van der Waals surface area contributed by atoms with Gasteiger partial charge in [0.1, 0.15) is 17.5 Å². The number of carbonyl (C=O) groups is 3. The summed E-state index contributed by atoms with van der Waals surface area (Å²) in [6.45, 7) is 13.5. The molecule has 0 unspecified atom stereocenters. The van der Waals surface area contributed by atoms with Crippen molar-refractivity contribution in [1.29, 1.82) is 0 Å². The number of nitrogens with two attached hydrogens (primary N) is 3. The van der Waals surface area contributed by atoms with Gasteiger partial charge < -0.3 is 42.3 Å². The molecule has 25 heteroatoms. The first-order valence-electron chi connectivity index (χ1n) is 31.3. The first kappa shape index (κ1) is 72.6. The van der Waals surface area contributed by atoms with Gasteiger partial charge in [-0.2, -0.15) is 8.42 Å². The highest BCUT2D eigenvalue weighted by molar-refractivity contribution is 7.51. The largest absolute Gasteiger partial charge is 0.384 e. The number of hydrogen-bond donors (Lipinski definition) is 6. The van der Waals surface area contributed by atoms with Crippen molar-refractivity contribution in [3.05, 3.63) is 314 Å². The summed E-state index contributed by atoms with van der Waals surface area (Å²) in [7, 11) is 0. The highest BCUT2D eigenvalue weighted by atomic mass is 35.5. The lowest BCUT2D eigenvalue weighted by atomic mass is 10.0. The van der Waals surface area contributed by atoms with E-state index >= 15 is 0 Å². The third kappa shape index (κ3) is 20.0. The van der Waals surface area contributed by atoms with Crippen molar-refractivity contribution in [3.63, 3.8) is 0 Å². The lowest BCUT2D eigenvalue weighted by Crippen LogP contribution is -2.27. The number of halogens is 2. The number of amides is 3. The van der Waals surface area contributed by atoms with Gasteiger partial charge in [0.15, 0.2) is 0 Å². The number of nitrogen functional groups attached to an aromatic ring is 3. The average molecular weight is 1400 g/mol. The van der Waals surface area contributed by atoms with Crippen molar-refractivity contribution in [3.8, 4) is 0 Å². The number of nitrogens with zero attached hydrogens (tertiary/aromatic N) is 9. The Morgan fingerprint density at radius 3 is 1.65 bits per heavy atom. The summed E-state index contributed by atoms with van der Waals surface area (Å²) in [5.41, 5.74) is 34.4. The maximum atomic E-state index is 12.7.